The van der Waals surface area contributed by atoms with E-state index in [4.69, 9.17) is 21.1 Å². The first kappa shape index (κ1) is 21.2. The van der Waals surface area contributed by atoms with Gasteiger partial charge >= 0.3 is 0 Å². The molecule has 31 heavy (non-hydrogen) atoms. The van der Waals surface area contributed by atoms with E-state index in [1.165, 1.54) is 5.69 Å². The molecule has 0 saturated carbocycles. The van der Waals surface area contributed by atoms with E-state index < -0.39 is 0 Å². The number of aliphatic imine (C=N–C) groups is 1. The van der Waals surface area contributed by atoms with Crippen LogP contribution in [0.2, 0.25) is 5.02 Å². The number of guanidine groups is 1. The molecule has 1 aliphatic rings. The highest BCUT2D eigenvalue weighted by molar-refractivity contribution is 6.30. The third-order valence-electron chi connectivity index (χ3n) is 5.14. The van der Waals surface area contributed by atoms with Crippen molar-refractivity contribution in [2.45, 2.75) is 25.8 Å². The van der Waals surface area contributed by atoms with Gasteiger partial charge in [0.05, 0.1) is 6.54 Å². The number of nitrogens with one attached hydrogen (secondary N) is 2. The van der Waals surface area contributed by atoms with Crippen LogP contribution in [0.15, 0.2) is 64.1 Å². The lowest BCUT2D eigenvalue weighted by Crippen LogP contribution is -2.44. The van der Waals surface area contributed by atoms with Gasteiger partial charge in [-0.15, -0.1) is 0 Å². The summed E-state index contributed by atoms with van der Waals surface area (Å²) in [6.07, 6.45) is 1.65. The Balaban J connectivity index is 1.31. The van der Waals surface area contributed by atoms with Crippen molar-refractivity contribution in [2.75, 3.05) is 31.1 Å². The molecule has 0 aliphatic carbocycles. The first-order valence-electron chi connectivity index (χ1n) is 10.6. The molecule has 0 amide bonds. The SMILES string of the molecule is CCNC(=NCCc1nc(-c2cccc(Cl)c2)no1)NC1CCN(c2ccccc2)C1. The third kappa shape index (κ3) is 5.76. The molecule has 1 atom stereocenters. The van der Waals surface area contributed by atoms with Gasteiger partial charge in [-0.2, -0.15) is 4.98 Å². The fraction of sp³-hybridized carbons (Fsp3) is 0.348. The molecule has 1 fully saturated rings. The number of benzene rings is 2. The summed E-state index contributed by atoms with van der Waals surface area (Å²) in [5, 5.41) is 11.6. The number of anilines is 1. The fourth-order valence-electron chi connectivity index (χ4n) is 3.63. The van der Waals surface area contributed by atoms with Crippen molar-refractivity contribution < 1.29 is 4.52 Å². The number of para-hydroxylation sites is 1. The number of hydrogen-bond acceptors (Lipinski definition) is 5. The zero-order valence-corrected chi connectivity index (χ0v) is 18.3. The van der Waals surface area contributed by atoms with Gasteiger partial charge < -0.3 is 20.1 Å². The predicted molar refractivity (Wildman–Crippen MR) is 125 cm³/mol. The fourth-order valence-corrected chi connectivity index (χ4v) is 3.82. The average molecular weight is 439 g/mol. The van der Waals surface area contributed by atoms with E-state index in [0.717, 1.165) is 37.6 Å². The van der Waals surface area contributed by atoms with Crippen LogP contribution in [0.4, 0.5) is 5.69 Å². The standard InChI is InChI=1S/C23H27ClN6O/c1-2-25-23(27-19-12-14-30(16-19)20-9-4-3-5-10-20)26-13-11-21-28-22(29-31-21)17-7-6-8-18(24)15-17/h3-10,15,19H,2,11-14,16H2,1H3,(H2,25,26,27). The van der Waals surface area contributed by atoms with E-state index in [0.29, 0.717) is 35.7 Å². The van der Waals surface area contributed by atoms with Crippen LogP contribution in [0.25, 0.3) is 11.4 Å². The Morgan fingerprint density at radius 2 is 2.10 bits per heavy atom. The first-order chi connectivity index (χ1) is 15.2. The maximum Gasteiger partial charge on any atom is 0.228 e. The second-order valence-electron chi connectivity index (χ2n) is 7.44. The molecule has 1 saturated heterocycles. The van der Waals surface area contributed by atoms with E-state index in [9.17, 15) is 0 Å². The summed E-state index contributed by atoms with van der Waals surface area (Å²) < 4.78 is 5.38. The molecule has 3 aromatic rings. The lowest BCUT2D eigenvalue weighted by Gasteiger charge is -2.20. The molecule has 2 aromatic carbocycles. The van der Waals surface area contributed by atoms with Crippen LogP contribution in [-0.2, 0) is 6.42 Å². The van der Waals surface area contributed by atoms with Gasteiger partial charge in [0.1, 0.15) is 0 Å². The smallest absolute Gasteiger partial charge is 0.228 e. The molecule has 7 nitrogen and oxygen atoms in total. The molecule has 2 heterocycles. The van der Waals surface area contributed by atoms with E-state index in [1.54, 1.807) is 0 Å². The van der Waals surface area contributed by atoms with Crippen LogP contribution in [0.5, 0.6) is 0 Å². The number of hydrogen-bond donors (Lipinski definition) is 2. The monoisotopic (exact) mass is 438 g/mol. The van der Waals surface area contributed by atoms with Gasteiger partial charge in [-0.1, -0.05) is 47.1 Å². The summed E-state index contributed by atoms with van der Waals surface area (Å²) in [6.45, 7) is 5.43. The van der Waals surface area contributed by atoms with E-state index in [1.807, 2.05) is 30.3 Å². The van der Waals surface area contributed by atoms with Gasteiger partial charge in [0, 0.05) is 48.4 Å². The Bertz CT molecular complexity index is 1010. The molecule has 1 aromatic heterocycles. The van der Waals surface area contributed by atoms with Crippen LogP contribution in [-0.4, -0.2) is 48.3 Å². The van der Waals surface area contributed by atoms with Gasteiger partial charge in [-0.3, -0.25) is 4.99 Å². The first-order valence-corrected chi connectivity index (χ1v) is 11.0. The minimum absolute atomic E-state index is 0.357. The van der Waals surface area contributed by atoms with Crippen LogP contribution in [0, 0.1) is 0 Å². The van der Waals surface area contributed by atoms with E-state index >= 15 is 0 Å². The van der Waals surface area contributed by atoms with Crippen molar-refractivity contribution in [1.82, 2.24) is 20.8 Å². The highest BCUT2D eigenvalue weighted by Gasteiger charge is 2.23. The molecule has 2 N–H and O–H groups in total. The van der Waals surface area contributed by atoms with Crippen LogP contribution in [0.1, 0.15) is 19.2 Å². The lowest BCUT2D eigenvalue weighted by atomic mass is 10.2. The number of nitrogens with zero attached hydrogens (tertiary/aromatic N) is 4. The van der Waals surface area contributed by atoms with Crippen molar-refractivity contribution in [3.63, 3.8) is 0 Å². The van der Waals surface area contributed by atoms with Crippen molar-refractivity contribution >= 4 is 23.2 Å². The molecule has 0 radical (unpaired) electrons. The van der Waals surface area contributed by atoms with Gasteiger partial charge in [0.15, 0.2) is 5.96 Å². The molecular weight excluding hydrogens is 412 g/mol. The second-order valence-corrected chi connectivity index (χ2v) is 7.88. The van der Waals surface area contributed by atoms with Gasteiger partial charge in [0.25, 0.3) is 0 Å². The average Bonchev–Trinajstić information content (AvgIpc) is 3.44. The Morgan fingerprint density at radius 3 is 2.90 bits per heavy atom. The highest BCUT2D eigenvalue weighted by Crippen LogP contribution is 2.21. The number of rotatable bonds is 7. The summed E-state index contributed by atoms with van der Waals surface area (Å²) in [4.78, 5) is 11.6. The Kier molecular flexibility index (Phi) is 7.04. The van der Waals surface area contributed by atoms with Crippen LogP contribution < -0.4 is 15.5 Å². The predicted octanol–water partition coefficient (Wildman–Crippen LogP) is 3.77. The maximum absolute atomic E-state index is 6.04. The minimum atomic E-state index is 0.357. The molecular formula is C23H27ClN6O. The Morgan fingerprint density at radius 1 is 1.23 bits per heavy atom. The van der Waals surface area contributed by atoms with E-state index in [2.05, 4.69) is 56.9 Å². The lowest BCUT2D eigenvalue weighted by molar-refractivity contribution is 0.380. The van der Waals surface area contributed by atoms with E-state index in [-0.39, 0.29) is 0 Å². The van der Waals surface area contributed by atoms with Crippen molar-refractivity contribution in [3.8, 4) is 11.4 Å². The third-order valence-corrected chi connectivity index (χ3v) is 5.38. The van der Waals surface area contributed by atoms with Gasteiger partial charge in [0.2, 0.25) is 11.7 Å². The molecule has 1 aliphatic heterocycles. The Hall–Kier alpha value is -3.06. The quantitative estimate of drug-likeness (QED) is 0.432. The summed E-state index contributed by atoms with van der Waals surface area (Å²) >= 11 is 6.04. The zero-order valence-electron chi connectivity index (χ0n) is 17.6. The van der Waals surface area contributed by atoms with Crippen LogP contribution in [0.3, 0.4) is 0 Å². The number of aromatic nitrogens is 2. The summed E-state index contributed by atoms with van der Waals surface area (Å²) in [5.41, 5.74) is 2.10. The van der Waals surface area contributed by atoms with Gasteiger partial charge in [-0.05, 0) is 37.6 Å². The Labute approximate surface area is 187 Å². The normalized spacial score (nSPS) is 16.5. The highest BCUT2D eigenvalue weighted by atomic mass is 35.5. The second kappa shape index (κ2) is 10.3. The topological polar surface area (TPSA) is 78.6 Å². The molecule has 0 spiro atoms. The molecule has 1 unspecified atom stereocenters. The van der Waals surface area contributed by atoms with Gasteiger partial charge in [-0.25, -0.2) is 0 Å². The molecule has 162 valence electrons. The number of halogens is 1. The van der Waals surface area contributed by atoms with Crippen molar-refractivity contribution in [1.29, 1.82) is 0 Å². The summed E-state index contributed by atoms with van der Waals surface area (Å²) in [6, 6.07) is 18.3. The largest absolute Gasteiger partial charge is 0.369 e. The minimum Gasteiger partial charge on any atom is -0.369 e. The van der Waals surface area contributed by atoms with Crippen molar-refractivity contribution in [2.24, 2.45) is 4.99 Å². The summed E-state index contributed by atoms with van der Waals surface area (Å²) in [7, 11) is 0. The molecule has 8 heteroatoms. The van der Waals surface area contributed by atoms with Crippen molar-refractivity contribution in [3.05, 3.63) is 65.5 Å². The van der Waals surface area contributed by atoms with Crippen LogP contribution >= 0.6 is 11.6 Å². The summed E-state index contributed by atoms with van der Waals surface area (Å²) in [5.74, 6) is 1.92. The maximum atomic E-state index is 6.04. The zero-order chi connectivity index (χ0) is 21.5. The molecule has 0 bridgehead atoms. The molecule has 4 rings (SSSR count).